The summed E-state index contributed by atoms with van der Waals surface area (Å²) in [5.41, 5.74) is 1.09. The molecule has 0 spiro atoms. The molecule has 3 aromatic rings. The van der Waals surface area contributed by atoms with Gasteiger partial charge in [0, 0.05) is 16.7 Å². The molecule has 0 saturated carbocycles. The predicted octanol–water partition coefficient (Wildman–Crippen LogP) is 3.22. The number of rotatable bonds is 5. The van der Waals surface area contributed by atoms with Crippen LogP contribution >= 0.6 is 11.8 Å². The molecule has 0 atom stereocenters. The molecular formula is C18H14N2O3S. The van der Waals surface area contributed by atoms with Crippen molar-refractivity contribution in [3.05, 3.63) is 88.3 Å². The van der Waals surface area contributed by atoms with Crippen LogP contribution < -0.4 is 5.56 Å². The highest BCUT2D eigenvalue weighted by atomic mass is 32.2. The molecule has 0 fully saturated rings. The molecule has 0 aliphatic heterocycles. The summed E-state index contributed by atoms with van der Waals surface area (Å²) >= 11 is 1.29. The number of hydrogen-bond donors (Lipinski definition) is 1. The van der Waals surface area contributed by atoms with Crippen molar-refractivity contribution in [2.45, 2.75) is 10.6 Å². The number of carbonyl (C=O) groups is 1. The van der Waals surface area contributed by atoms with Crippen LogP contribution in [0.2, 0.25) is 0 Å². The van der Waals surface area contributed by atoms with E-state index in [0.717, 1.165) is 10.2 Å². The van der Waals surface area contributed by atoms with E-state index in [9.17, 15) is 14.7 Å². The highest BCUT2D eigenvalue weighted by Crippen LogP contribution is 2.24. The Morgan fingerprint density at radius 1 is 1.04 bits per heavy atom. The lowest BCUT2D eigenvalue weighted by Gasteiger charge is -2.09. The summed E-state index contributed by atoms with van der Waals surface area (Å²) in [6, 6.07) is 19.7. The zero-order chi connectivity index (χ0) is 16.9. The third kappa shape index (κ3) is 3.55. The van der Waals surface area contributed by atoms with Crippen LogP contribution in [0.5, 0.6) is 0 Å². The Morgan fingerprint density at radius 3 is 2.29 bits per heavy atom. The van der Waals surface area contributed by atoms with Gasteiger partial charge in [0.2, 0.25) is 0 Å². The van der Waals surface area contributed by atoms with E-state index in [0.29, 0.717) is 16.3 Å². The summed E-state index contributed by atoms with van der Waals surface area (Å²) in [7, 11) is 0. The monoisotopic (exact) mass is 338 g/mol. The molecule has 5 nitrogen and oxygen atoms in total. The van der Waals surface area contributed by atoms with Crippen LogP contribution in [0.3, 0.4) is 0 Å². The van der Waals surface area contributed by atoms with E-state index in [2.05, 4.69) is 5.10 Å². The number of carboxylic acids is 1. The molecule has 0 aliphatic carbocycles. The molecule has 0 amide bonds. The van der Waals surface area contributed by atoms with Gasteiger partial charge in [0.05, 0.1) is 5.69 Å². The van der Waals surface area contributed by atoms with Crippen LogP contribution in [0.25, 0.3) is 5.69 Å². The number of aromatic carboxylic acids is 1. The fourth-order valence-corrected chi connectivity index (χ4v) is 3.15. The number of benzene rings is 2. The second-order valence-electron chi connectivity index (χ2n) is 5.02. The number of hydrogen-bond acceptors (Lipinski definition) is 4. The van der Waals surface area contributed by atoms with Gasteiger partial charge in [-0.1, -0.05) is 48.5 Å². The van der Waals surface area contributed by atoms with Crippen LogP contribution in [-0.2, 0) is 5.75 Å². The molecule has 120 valence electrons. The average molecular weight is 338 g/mol. The molecule has 1 N–H and O–H groups in total. The zero-order valence-corrected chi connectivity index (χ0v) is 13.4. The van der Waals surface area contributed by atoms with Crippen molar-refractivity contribution in [1.82, 2.24) is 9.78 Å². The van der Waals surface area contributed by atoms with Gasteiger partial charge in [-0.25, -0.2) is 4.79 Å². The number of carboxylic acid groups (broad SMARTS) is 1. The number of para-hydroxylation sites is 1. The van der Waals surface area contributed by atoms with Gasteiger partial charge in [-0.15, -0.1) is 11.8 Å². The van der Waals surface area contributed by atoms with E-state index in [1.165, 1.54) is 17.8 Å². The first-order valence-electron chi connectivity index (χ1n) is 7.25. The quantitative estimate of drug-likeness (QED) is 0.723. The third-order valence-electron chi connectivity index (χ3n) is 3.34. The fourth-order valence-electron chi connectivity index (χ4n) is 2.19. The molecule has 3 rings (SSSR count). The van der Waals surface area contributed by atoms with Crippen molar-refractivity contribution < 1.29 is 9.90 Å². The molecule has 0 aliphatic rings. The van der Waals surface area contributed by atoms with Crippen molar-refractivity contribution in [3.63, 3.8) is 0 Å². The summed E-state index contributed by atoms with van der Waals surface area (Å²) in [5, 5.41) is 13.5. The Balaban J connectivity index is 1.96. The Kier molecular flexibility index (Phi) is 4.77. The topological polar surface area (TPSA) is 72.2 Å². The first kappa shape index (κ1) is 16.0. The average Bonchev–Trinajstić information content (AvgIpc) is 2.61. The minimum Gasteiger partial charge on any atom is -0.476 e. The number of nitrogens with zero attached hydrogens (tertiary/aromatic N) is 2. The highest BCUT2D eigenvalue weighted by molar-refractivity contribution is 7.98. The molecule has 24 heavy (non-hydrogen) atoms. The van der Waals surface area contributed by atoms with E-state index in [4.69, 9.17) is 0 Å². The smallest absolute Gasteiger partial charge is 0.357 e. The third-order valence-corrected chi connectivity index (χ3v) is 4.44. The SMILES string of the molecule is O=C(O)c1nn(-c2ccccc2)c(=O)cc1SCc1ccccc1. The Labute approximate surface area is 142 Å². The molecular weight excluding hydrogens is 324 g/mol. The van der Waals surface area contributed by atoms with Crippen molar-refractivity contribution in [1.29, 1.82) is 0 Å². The lowest BCUT2D eigenvalue weighted by atomic mass is 10.2. The van der Waals surface area contributed by atoms with Crippen LogP contribution in [0.1, 0.15) is 16.1 Å². The number of aromatic nitrogens is 2. The van der Waals surface area contributed by atoms with Gasteiger partial charge < -0.3 is 5.11 Å². The van der Waals surface area contributed by atoms with Crippen molar-refractivity contribution in [3.8, 4) is 5.69 Å². The standard InChI is InChI=1S/C18H14N2O3S/c21-16-11-15(24-12-13-7-3-1-4-8-13)17(18(22)23)19-20(16)14-9-5-2-6-10-14/h1-11H,12H2,(H,22,23). The molecule has 6 heteroatoms. The first-order valence-corrected chi connectivity index (χ1v) is 8.23. The van der Waals surface area contributed by atoms with Gasteiger partial charge in [-0.3, -0.25) is 4.79 Å². The molecule has 0 unspecified atom stereocenters. The number of thioether (sulfide) groups is 1. The molecule has 0 saturated heterocycles. The van der Waals surface area contributed by atoms with Crippen LogP contribution in [0.15, 0.2) is 76.4 Å². The van der Waals surface area contributed by atoms with Gasteiger partial charge in [0.15, 0.2) is 5.69 Å². The van der Waals surface area contributed by atoms with E-state index < -0.39 is 5.97 Å². The fraction of sp³-hybridized carbons (Fsp3) is 0.0556. The van der Waals surface area contributed by atoms with Crippen molar-refractivity contribution >= 4 is 17.7 Å². The molecule has 1 aromatic heterocycles. The minimum absolute atomic E-state index is 0.126. The Bertz CT molecular complexity index is 909. The molecule has 0 radical (unpaired) electrons. The van der Waals surface area contributed by atoms with Gasteiger partial charge >= 0.3 is 5.97 Å². The lowest BCUT2D eigenvalue weighted by molar-refractivity contribution is 0.0684. The minimum atomic E-state index is -1.16. The predicted molar refractivity (Wildman–Crippen MR) is 92.8 cm³/mol. The normalized spacial score (nSPS) is 10.5. The van der Waals surface area contributed by atoms with Gasteiger partial charge in [0.25, 0.3) is 5.56 Å². The van der Waals surface area contributed by atoms with Crippen LogP contribution in [0.4, 0.5) is 0 Å². The molecule has 0 bridgehead atoms. The summed E-state index contributed by atoms with van der Waals surface area (Å²) in [4.78, 5) is 24.2. The second-order valence-corrected chi connectivity index (χ2v) is 6.04. The summed E-state index contributed by atoms with van der Waals surface area (Å²) in [5.74, 6) is -0.590. The van der Waals surface area contributed by atoms with Gasteiger partial charge in [-0.05, 0) is 17.7 Å². The van der Waals surface area contributed by atoms with E-state index in [1.807, 2.05) is 36.4 Å². The maximum absolute atomic E-state index is 12.3. The first-order chi connectivity index (χ1) is 11.6. The van der Waals surface area contributed by atoms with Gasteiger partial charge in [0.1, 0.15) is 0 Å². The maximum atomic E-state index is 12.3. The second kappa shape index (κ2) is 7.14. The largest absolute Gasteiger partial charge is 0.476 e. The van der Waals surface area contributed by atoms with Crippen molar-refractivity contribution in [2.24, 2.45) is 0 Å². The van der Waals surface area contributed by atoms with Gasteiger partial charge in [-0.2, -0.15) is 9.78 Å². The van der Waals surface area contributed by atoms with Crippen molar-refractivity contribution in [2.75, 3.05) is 0 Å². The lowest BCUT2D eigenvalue weighted by Crippen LogP contribution is -2.24. The van der Waals surface area contributed by atoms with Crippen LogP contribution in [0, 0.1) is 0 Å². The zero-order valence-electron chi connectivity index (χ0n) is 12.6. The molecule has 1 heterocycles. The Morgan fingerprint density at radius 2 is 1.67 bits per heavy atom. The van der Waals surface area contributed by atoms with E-state index >= 15 is 0 Å². The highest BCUT2D eigenvalue weighted by Gasteiger charge is 2.16. The summed E-state index contributed by atoms with van der Waals surface area (Å²) in [6.45, 7) is 0. The summed E-state index contributed by atoms with van der Waals surface area (Å²) in [6.07, 6.45) is 0. The van der Waals surface area contributed by atoms with E-state index in [-0.39, 0.29) is 11.3 Å². The van der Waals surface area contributed by atoms with Crippen LogP contribution in [-0.4, -0.2) is 20.9 Å². The summed E-state index contributed by atoms with van der Waals surface area (Å²) < 4.78 is 1.11. The Hall–Kier alpha value is -2.86. The maximum Gasteiger partial charge on any atom is 0.357 e. The van der Waals surface area contributed by atoms with E-state index in [1.54, 1.807) is 24.3 Å². The molecule has 2 aromatic carbocycles.